The van der Waals surface area contributed by atoms with Crippen molar-refractivity contribution < 1.29 is 32.6 Å². The van der Waals surface area contributed by atoms with Crippen LogP contribution in [0.25, 0.3) is 0 Å². The third-order valence-corrected chi connectivity index (χ3v) is 4.02. The smallest absolute Gasteiger partial charge is 0.387 e. The summed E-state index contributed by atoms with van der Waals surface area (Å²) in [5.41, 5.74) is 1.81. The zero-order valence-corrected chi connectivity index (χ0v) is 15.8. The Morgan fingerprint density at radius 2 is 1.89 bits per heavy atom. The van der Waals surface area contributed by atoms with Gasteiger partial charge in [-0.05, 0) is 25.5 Å². The average molecular weight is 396 g/mol. The minimum Gasteiger partial charge on any atom is -0.460 e. The number of halogens is 2. The first-order chi connectivity index (χ1) is 13.3. The maximum Gasteiger partial charge on any atom is 0.387 e. The minimum absolute atomic E-state index is 0.0143. The van der Waals surface area contributed by atoms with Crippen LogP contribution in [0.4, 0.5) is 8.78 Å². The number of H-pyrrole nitrogens is 1. The Balaban J connectivity index is 2.10. The second-order valence-corrected chi connectivity index (χ2v) is 5.92. The maximum absolute atomic E-state index is 12.5. The van der Waals surface area contributed by atoms with E-state index in [2.05, 4.69) is 15.0 Å². The largest absolute Gasteiger partial charge is 0.460 e. The summed E-state index contributed by atoms with van der Waals surface area (Å²) in [4.78, 5) is 27.6. The van der Waals surface area contributed by atoms with Crippen molar-refractivity contribution in [3.8, 4) is 5.75 Å². The summed E-state index contributed by atoms with van der Waals surface area (Å²) in [5, 5.41) is 2.63. The Kier molecular flexibility index (Phi) is 7.51. The van der Waals surface area contributed by atoms with Crippen LogP contribution in [0.3, 0.4) is 0 Å². The number of ether oxygens (including phenoxy) is 3. The van der Waals surface area contributed by atoms with Crippen molar-refractivity contribution in [2.45, 2.75) is 27.0 Å². The Labute approximate surface area is 161 Å². The summed E-state index contributed by atoms with van der Waals surface area (Å²) in [6.45, 7) is 0.662. The molecule has 2 aromatic rings. The molecule has 1 aromatic carbocycles. The molecular weight excluding hydrogens is 374 g/mol. The van der Waals surface area contributed by atoms with Crippen molar-refractivity contribution in [3.63, 3.8) is 0 Å². The van der Waals surface area contributed by atoms with Gasteiger partial charge in [0.15, 0.2) is 0 Å². The van der Waals surface area contributed by atoms with Gasteiger partial charge >= 0.3 is 12.6 Å². The highest BCUT2D eigenvalue weighted by Crippen LogP contribution is 2.21. The van der Waals surface area contributed by atoms with Crippen molar-refractivity contribution >= 4 is 11.9 Å². The first kappa shape index (κ1) is 21.4. The Morgan fingerprint density at radius 3 is 2.57 bits per heavy atom. The molecular formula is C19H22F2N2O5. The summed E-state index contributed by atoms with van der Waals surface area (Å²) in [6, 6.07) is 6.18. The molecule has 0 saturated carbocycles. The molecule has 0 aliphatic heterocycles. The van der Waals surface area contributed by atoms with E-state index in [0.29, 0.717) is 16.8 Å². The zero-order chi connectivity index (χ0) is 20.7. The summed E-state index contributed by atoms with van der Waals surface area (Å²) in [7, 11) is 1.49. The number of esters is 1. The van der Waals surface area contributed by atoms with Crippen LogP contribution in [0.15, 0.2) is 24.3 Å². The van der Waals surface area contributed by atoms with E-state index in [9.17, 15) is 18.4 Å². The molecule has 0 saturated heterocycles. The average Bonchev–Trinajstić information content (AvgIpc) is 2.95. The van der Waals surface area contributed by atoms with Crippen molar-refractivity contribution in [2.24, 2.45) is 0 Å². The number of hydrogen-bond acceptors (Lipinski definition) is 5. The van der Waals surface area contributed by atoms with E-state index in [0.717, 1.165) is 0 Å². The first-order valence-electron chi connectivity index (χ1n) is 8.51. The fourth-order valence-corrected chi connectivity index (χ4v) is 2.70. The number of aromatic amines is 1. The van der Waals surface area contributed by atoms with Gasteiger partial charge in [0.25, 0.3) is 5.91 Å². The molecule has 1 amide bonds. The van der Waals surface area contributed by atoms with Crippen LogP contribution in [0.5, 0.6) is 5.75 Å². The van der Waals surface area contributed by atoms with E-state index in [1.54, 1.807) is 32.0 Å². The van der Waals surface area contributed by atoms with Gasteiger partial charge in [-0.1, -0.05) is 18.2 Å². The molecule has 0 aliphatic carbocycles. The second-order valence-electron chi connectivity index (χ2n) is 5.92. The van der Waals surface area contributed by atoms with Gasteiger partial charge in [-0.2, -0.15) is 8.78 Å². The van der Waals surface area contributed by atoms with Gasteiger partial charge in [0.2, 0.25) is 0 Å². The standard InChI is InChI=1S/C19H22F2N2O5/c1-11-15(18(25)27-9-8-26-3)12(2)23-16(11)17(24)22-10-13-6-4-5-7-14(13)28-19(20)21/h4-7,19,23H,8-10H2,1-3H3,(H,22,24). The topological polar surface area (TPSA) is 89.7 Å². The van der Waals surface area contributed by atoms with Crippen LogP contribution in [0, 0.1) is 13.8 Å². The predicted octanol–water partition coefficient (Wildman–Crippen LogP) is 2.97. The van der Waals surface area contributed by atoms with Crippen molar-refractivity contribution in [2.75, 3.05) is 20.3 Å². The second kappa shape index (κ2) is 9.84. The van der Waals surface area contributed by atoms with Crippen LogP contribution in [0.1, 0.15) is 37.7 Å². The van der Waals surface area contributed by atoms with Crippen LogP contribution >= 0.6 is 0 Å². The third-order valence-electron chi connectivity index (χ3n) is 4.02. The van der Waals surface area contributed by atoms with E-state index in [-0.39, 0.29) is 36.8 Å². The molecule has 2 N–H and O–H groups in total. The van der Waals surface area contributed by atoms with Gasteiger partial charge < -0.3 is 24.5 Å². The van der Waals surface area contributed by atoms with Gasteiger partial charge in [0.05, 0.1) is 12.2 Å². The first-order valence-corrected chi connectivity index (χ1v) is 8.51. The summed E-state index contributed by atoms with van der Waals surface area (Å²) in [5.74, 6) is -1.05. The van der Waals surface area contributed by atoms with E-state index >= 15 is 0 Å². The number of carbonyl (C=O) groups excluding carboxylic acids is 2. The number of carbonyl (C=O) groups is 2. The van der Waals surface area contributed by atoms with E-state index in [4.69, 9.17) is 9.47 Å². The summed E-state index contributed by atoms with van der Waals surface area (Å²) in [6.07, 6.45) is 0. The minimum atomic E-state index is -2.96. The number of aryl methyl sites for hydroxylation is 1. The van der Waals surface area contributed by atoms with Crippen LogP contribution < -0.4 is 10.1 Å². The number of hydrogen-bond donors (Lipinski definition) is 2. The van der Waals surface area contributed by atoms with E-state index in [1.807, 2.05) is 0 Å². The molecule has 28 heavy (non-hydrogen) atoms. The molecule has 7 nitrogen and oxygen atoms in total. The highest BCUT2D eigenvalue weighted by molar-refractivity contribution is 6.00. The number of aromatic nitrogens is 1. The molecule has 0 atom stereocenters. The van der Waals surface area contributed by atoms with Crippen LogP contribution in [0.2, 0.25) is 0 Å². The normalized spacial score (nSPS) is 10.8. The Bertz CT molecular complexity index is 836. The Morgan fingerprint density at radius 1 is 1.18 bits per heavy atom. The molecule has 1 aromatic heterocycles. The third kappa shape index (κ3) is 5.29. The number of rotatable bonds is 9. The van der Waals surface area contributed by atoms with Gasteiger partial charge in [-0.15, -0.1) is 0 Å². The van der Waals surface area contributed by atoms with Crippen molar-refractivity contribution in [1.29, 1.82) is 0 Å². The lowest BCUT2D eigenvalue weighted by Crippen LogP contribution is -2.24. The predicted molar refractivity (Wildman–Crippen MR) is 96.7 cm³/mol. The number of benzene rings is 1. The lowest BCUT2D eigenvalue weighted by molar-refractivity contribution is -0.0504. The monoisotopic (exact) mass is 396 g/mol. The highest BCUT2D eigenvalue weighted by atomic mass is 19.3. The molecule has 2 rings (SSSR count). The highest BCUT2D eigenvalue weighted by Gasteiger charge is 2.23. The quantitative estimate of drug-likeness (QED) is 0.502. The van der Waals surface area contributed by atoms with Gasteiger partial charge in [-0.3, -0.25) is 4.79 Å². The van der Waals surface area contributed by atoms with Gasteiger partial charge in [-0.25, -0.2) is 4.79 Å². The molecule has 9 heteroatoms. The summed E-state index contributed by atoms with van der Waals surface area (Å²) < 4.78 is 39.4. The fraction of sp³-hybridized carbons (Fsp3) is 0.368. The number of nitrogens with one attached hydrogen (secondary N) is 2. The molecule has 0 spiro atoms. The fourth-order valence-electron chi connectivity index (χ4n) is 2.70. The molecule has 0 bridgehead atoms. The number of alkyl halides is 2. The maximum atomic E-state index is 12.5. The molecule has 0 fully saturated rings. The molecule has 152 valence electrons. The zero-order valence-electron chi connectivity index (χ0n) is 15.8. The van der Waals surface area contributed by atoms with Crippen LogP contribution in [-0.2, 0) is 16.0 Å². The molecule has 0 aliphatic rings. The molecule has 0 unspecified atom stereocenters. The van der Waals surface area contributed by atoms with Gasteiger partial charge in [0, 0.05) is 24.9 Å². The summed E-state index contributed by atoms with van der Waals surface area (Å²) >= 11 is 0. The molecule has 0 radical (unpaired) electrons. The van der Waals surface area contributed by atoms with E-state index < -0.39 is 18.5 Å². The Hall–Kier alpha value is -2.94. The molecule has 1 heterocycles. The lowest BCUT2D eigenvalue weighted by atomic mass is 10.1. The van der Waals surface area contributed by atoms with Crippen molar-refractivity contribution in [3.05, 3.63) is 52.3 Å². The van der Waals surface area contributed by atoms with Crippen molar-refractivity contribution in [1.82, 2.24) is 10.3 Å². The van der Waals surface area contributed by atoms with Crippen LogP contribution in [-0.4, -0.2) is 43.8 Å². The van der Waals surface area contributed by atoms with Gasteiger partial charge in [0.1, 0.15) is 18.1 Å². The SMILES string of the molecule is COCCOC(=O)c1c(C)[nH]c(C(=O)NCc2ccccc2OC(F)F)c1C. The van der Waals surface area contributed by atoms with E-state index in [1.165, 1.54) is 13.2 Å². The number of amides is 1. The number of methoxy groups -OCH3 is 1. The lowest BCUT2D eigenvalue weighted by Gasteiger charge is -2.11. The number of para-hydroxylation sites is 1.